The molecule has 5 nitrogen and oxygen atoms in total. The predicted molar refractivity (Wildman–Crippen MR) is 97.5 cm³/mol. The molecule has 2 aromatic heterocycles. The second kappa shape index (κ2) is 6.31. The summed E-state index contributed by atoms with van der Waals surface area (Å²) in [6.07, 6.45) is 4.65. The van der Waals surface area contributed by atoms with Crippen molar-refractivity contribution in [3.8, 4) is 0 Å². The van der Waals surface area contributed by atoms with Crippen LogP contribution in [0.25, 0.3) is 10.8 Å². The molecule has 3 aromatic rings. The third-order valence-corrected chi connectivity index (χ3v) is 5.14. The van der Waals surface area contributed by atoms with Crippen molar-refractivity contribution >= 4 is 16.7 Å². The smallest absolute Gasteiger partial charge is 0.273 e. The highest BCUT2D eigenvalue weighted by atomic mass is 16.2. The molecule has 25 heavy (non-hydrogen) atoms. The number of amides is 1. The molecule has 0 saturated carbocycles. The highest BCUT2D eigenvalue weighted by Gasteiger charge is 2.29. The molecule has 1 fully saturated rings. The van der Waals surface area contributed by atoms with Crippen LogP contribution in [0, 0.1) is 19.8 Å². The van der Waals surface area contributed by atoms with E-state index in [1.807, 2.05) is 48.4 Å². The molecule has 1 amide bonds. The topological polar surface area (TPSA) is 51.0 Å². The molecule has 0 bridgehead atoms. The molecular formula is C20H22N4O. The lowest BCUT2D eigenvalue weighted by molar-refractivity contribution is 0.0782. The van der Waals surface area contributed by atoms with Gasteiger partial charge >= 0.3 is 0 Å². The number of hydrogen-bond acceptors (Lipinski definition) is 3. The average molecular weight is 334 g/mol. The fraction of sp³-hybridized carbons (Fsp3) is 0.350. The van der Waals surface area contributed by atoms with Gasteiger partial charge in [0.25, 0.3) is 5.91 Å². The number of carbonyl (C=O) groups excluding carboxylic acids is 1. The Balaban J connectivity index is 1.52. The molecule has 1 unspecified atom stereocenters. The van der Waals surface area contributed by atoms with E-state index in [2.05, 4.69) is 21.5 Å². The Hall–Kier alpha value is -2.69. The second-order valence-corrected chi connectivity index (χ2v) is 6.84. The standard InChI is InChI=1S/C20H22N4O/c1-14-11-22-15(2)24(14)13-16-8-10-23(12-16)20(25)19-18-6-4-3-5-17(18)7-9-21-19/h3-7,9,11,16H,8,10,12-13H2,1-2H3. The lowest BCUT2D eigenvalue weighted by Gasteiger charge is -2.18. The lowest BCUT2D eigenvalue weighted by atomic mass is 10.1. The van der Waals surface area contributed by atoms with E-state index in [9.17, 15) is 4.79 Å². The first kappa shape index (κ1) is 15.8. The molecular weight excluding hydrogens is 312 g/mol. The number of hydrogen-bond donors (Lipinski definition) is 0. The third-order valence-electron chi connectivity index (χ3n) is 5.14. The van der Waals surface area contributed by atoms with Crippen LogP contribution >= 0.6 is 0 Å². The molecule has 1 aliphatic rings. The Morgan fingerprint density at radius 3 is 2.84 bits per heavy atom. The normalized spacial score (nSPS) is 17.4. The molecule has 0 aliphatic carbocycles. The summed E-state index contributed by atoms with van der Waals surface area (Å²) in [5, 5.41) is 1.99. The van der Waals surface area contributed by atoms with Crippen LogP contribution in [0.4, 0.5) is 0 Å². The SMILES string of the molecule is Cc1cnc(C)n1CC1CCN(C(=O)c2nccc3ccccc23)C1. The van der Waals surface area contributed by atoms with Gasteiger partial charge in [-0.05, 0) is 37.6 Å². The van der Waals surface area contributed by atoms with E-state index in [0.717, 1.165) is 42.7 Å². The van der Waals surface area contributed by atoms with Gasteiger partial charge in [-0.2, -0.15) is 0 Å². The fourth-order valence-electron chi connectivity index (χ4n) is 3.72. The molecule has 3 heterocycles. The zero-order chi connectivity index (χ0) is 17.4. The highest BCUT2D eigenvalue weighted by Crippen LogP contribution is 2.24. The van der Waals surface area contributed by atoms with Crippen LogP contribution in [0.5, 0.6) is 0 Å². The van der Waals surface area contributed by atoms with E-state index >= 15 is 0 Å². The van der Waals surface area contributed by atoms with Crippen molar-refractivity contribution in [1.29, 1.82) is 0 Å². The van der Waals surface area contributed by atoms with E-state index in [0.29, 0.717) is 11.6 Å². The molecule has 0 radical (unpaired) electrons. The Labute approximate surface area is 147 Å². The summed E-state index contributed by atoms with van der Waals surface area (Å²) in [6, 6.07) is 9.88. The number of nitrogens with zero attached hydrogens (tertiary/aromatic N) is 4. The maximum absolute atomic E-state index is 13.0. The molecule has 1 atom stereocenters. The maximum atomic E-state index is 13.0. The monoisotopic (exact) mass is 334 g/mol. The molecule has 0 N–H and O–H groups in total. The number of fused-ring (bicyclic) bond motifs is 1. The Kier molecular flexibility index (Phi) is 3.99. The number of rotatable bonds is 3. The lowest BCUT2D eigenvalue weighted by Crippen LogP contribution is -2.30. The van der Waals surface area contributed by atoms with Gasteiger partial charge in [-0.1, -0.05) is 24.3 Å². The van der Waals surface area contributed by atoms with Crippen molar-refractivity contribution in [2.45, 2.75) is 26.8 Å². The molecule has 4 rings (SSSR count). The third kappa shape index (κ3) is 2.90. The van der Waals surface area contributed by atoms with Crippen LogP contribution in [-0.2, 0) is 6.54 Å². The van der Waals surface area contributed by atoms with E-state index in [1.165, 1.54) is 5.69 Å². The number of pyridine rings is 1. The first-order valence-electron chi connectivity index (χ1n) is 8.75. The summed E-state index contributed by atoms with van der Waals surface area (Å²) in [5.74, 6) is 1.54. The van der Waals surface area contributed by atoms with Crippen LogP contribution in [0.1, 0.15) is 28.4 Å². The average Bonchev–Trinajstić information content (AvgIpc) is 3.23. The van der Waals surface area contributed by atoms with Crippen LogP contribution < -0.4 is 0 Å². The summed E-state index contributed by atoms with van der Waals surface area (Å²) < 4.78 is 2.24. The molecule has 128 valence electrons. The zero-order valence-electron chi connectivity index (χ0n) is 14.6. The minimum atomic E-state index is 0.0402. The van der Waals surface area contributed by atoms with Gasteiger partial charge in [0, 0.05) is 43.1 Å². The molecule has 1 aromatic carbocycles. The first-order chi connectivity index (χ1) is 12.1. The van der Waals surface area contributed by atoms with Crippen LogP contribution in [0.3, 0.4) is 0 Å². The minimum absolute atomic E-state index is 0.0402. The molecule has 0 spiro atoms. The van der Waals surface area contributed by atoms with Gasteiger partial charge in [0.15, 0.2) is 0 Å². The summed E-state index contributed by atoms with van der Waals surface area (Å²) in [7, 11) is 0. The van der Waals surface area contributed by atoms with Crippen molar-refractivity contribution in [2.24, 2.45) is 5.92 Å². The van der Waals surface area contributed by atoms with E-state index in [1.54, 1.807) is 6.20 Å². The minimum Gasteiger partial charge on any atom is -0.337 e. The van der Waals surface area contributed by atoms with Gasteiger partial charge in [0.2, 0.25) is 0 Å². The maximum Gasteiger partial charge on any atom is 0.273 e. The van der Waals surface area contributed by atoms with Crippen molar-refractivity contribution in [3.05, 3.63) is 59.9 Å². The van der Waals surface area contributed by atoms with Gasteiger partial charge in [-0.15, -0.1) is 0 Å². The molecule has 1 aliphatic heterocycles. The van der Waals surface area contributed by atoms with Crippen LogP contribution in [0.2, 0.25) is 0 Å². The summed E-state index contributed by atoms with van der Waals surface area (Å²) in [6.45, 7) is 6.61. The Morgan fingerprint density at radius 1 is 1.20 bits per heavy atom. The van der Waals surface area contributed by atoms with Gasteiger partial charge in [-0.25, -0.2) is 4.98 Å². The van der Waals surface area contributed by atoms with E-state index < -0.39 is 0 Å². The number of imidazole rings is 1. The second-order valence-electron chi connectivity index (χ2n) is 6.84. The van der Waals surface area contributed by atoms with Gasteiger partial charge in [0.05, 0.1) is 0 Å². The Morgan fingerprint density at radius 2 is 2.04 bits per heavy atom. The number of benzene rings is 1. The number of aromatic nitrogens is 3. The number of aryl methyl sites for hydroxylation is 2. The molecule has 5 heteroatoms. The number of carbonyl (C=O) groups is 1. The fourth-order valence-corrected chi connectivity index (χ4v) is 3.72. The van der Waals surface area contributed by atoms with Crippen LogP contribution in [-0.4, -0.2) is 38.4 Å². The van der Waals surface area contributed by atoms with Crippen molar-refractivity contribution < 1.29 is 4.79 Å². The first-order valence-corrected chi connectivity index (χ1v) is 8.75. The van der Waals surface area contributed by atoms with Gasteiger partial charge < -0.3 is 9.47 Å². The zero-order valence-corrected chi connectivity index (χ0v) is 14.6. The summed E-state index contributed by atoms with van der Waals surface area (Å²) in [5.41, 5.74) is 1.74. The van der Waals surface area contributed by atoms with E-state index in [-0.39, 0.29) is 5.91 Å². The van der Waals surface area contributed by atoms with E-state index in [4.69, 9.17) is 0 Å². The number of likely N-dealkylation sites (tertiary alicyclic amines) is 1. The van der Waals surface area contributed by atoms with Crippen LogP contribution in [0.15, 0.2) is 42.7 Å². The predicted octanol–water partition coefficient (Wildman–Crippen LogP) is 3.21. The van der Waals surface area contributed by atoms with Crippen molar-refractivity contribution in [1.82, 2.24) is 19.4 Å². The van der Waals surface area contributed by atoms with Gasteiger partial charge in [0.1, 0.15) is 11.5 Å². The van der Waals surface area contributed by atoms with Crippen molar-refractivity contribution in [2.75, 3.05) is 13.1 Å². The Bertz CT molecular complexity index is 906. The largest absolute Gasteiger partial charge is 0.337 e. The molecule has 1 saturated heterocycles. The quantitative estimate of drug-likeness (QED) is 0.739. The van der Waals surface area contributed by atoms with Gasteiger partial charge in [-0.3, -0.25) is 9.78 Å². The van der Waals surface area contributed by atoms with Crippen molar-refractivity contribution in [3.63, 3.8) is 0 Å². The summed E-state index contributed by atoms with van der Waals surface area (Å²) >= 11 is 0. The highest BCUT2D eigenvalue weighted by molar-refractivity contribution is 6.05. The summed E-state index contributed by atoms with van der Waals surface area (Å²) in [4.78, 5) is 23.7.